The van der Waals surface area contributed by atoms with Crippen LogP contribution in [0, 0.1) is 0 Å². The van der Waals surface area contributed by atoms with Crippen LogP contribution in [0.15, 0.2) is 43.0 Å². The van der Waals surface area contributed by atoms with Crippen molar-refractivity contribution in [3.63, 3.8) is 0 Å². The second-order valence-electron chi connectivity index (χ2n) is 7.75. The number of imidazole rings is 1. The fourth-order valence-electron chi connectivity index (χ4n) is 2.91. The van der Waals surface area contributed by atoms with Gasteiger partial charge in [0.15, 0.2) is 0 Å². The smallest absolute Gasteiger partial charge is 0.410 e. The van der Waals surface area contributed by atoms with Crippen molar-refractivity contribution >= 4 is 12.1 Å². The SMILES string of the molecule is CC(C)(C)OC(=O)N1CCN(C(=O)NCc2ccc(-n3ccnc3)cc2)CC1. The molecule has 1 saturated heterocycles. The van der Waals surface area contributed by atoms with E-state index in [4.69, 9.17) is 4.74 Å². The second-order valence-corrected chi connectivity index (χ2v) is 7.75. The van der Waals surface area contributed by atoms with Crippen LogP contribution in [0.25, 0.3) is 5.69 Å². The number of amides is 3. The van der Waals surface area contributed by atoms with Crippen molar-refractivity contribution in [1.82, 2.24) is 24.7 Å². The molecule has 1 aromatic carbocycles. The van der Waals surface area contributed by atoms with Gasteiger partial charge in [-0.3, -0.25) is 0 Å². The maximum Gasteiger partial charge on any atom is 0.410 e. The first-order valence-electron chi connectivity index (χ1n) is 9.40. The van der Waals surface area contributed by atoms with E-state index in [0.29, 0.717) is 32.7 Å². The summed E-state index contributed by atoms with van der Waals surface area (Å²) in [6, 6.07) is 7.82. The van der Waals surface area contributed by atoms with Gasteiger partial charge < -0.3 is 24.4 Å². The number of benzene rings is 1. The highest BCUT2D eigenvalue weighted by atomic mass is 16.6. The van der Waals surface area contributed by atoms with Crippen molar-refractivity contribution in [1.29, 1.82) is 0 Å². The monoisotopic (exact) mass is 385 g/mol. The number of carbonyl (C=O) groups excluding carboxylic acids is 2. The average Bonchev–Trinajstić information content (AvgIpc) is 3.20. The van der Waals surface area contributed by atoms with Crippen molar-refractivity contribution in [3.05, 3.63) is 48.5 Å². The topological polar surface area (TPSA) is 79.7 Å². The molecule has 1 aromatic heterocycles. The number of hydrogen-bond donors (Lipinski definition) is 1. The van der Waals surface area contributed by atoms with Crippen molar-refractivity contribution in [2.75, 3.05) is 26.2 Å². The summed E-state index contributed by atoms with van der Waals surface area (Å²) in [6.07, 6.45) is 5.03. The lowest BCUT2D eigenvalue weighted by molar-refractivity contribution is 0.0170. The summed E-state index contributed by atoms with van der Waals surface area (Å²) in [4.78, 5) is 31.9. The van der Waals surface area contributed by atoms with E-state index < -0.39 is 5.60 Å². The molecule has 3 amide bonds. The van der Waals surface area contributed by atoms with Gasteiger partial charge in [-0.2, -0.15) is 0 Å². The van der Waals surface area contributed by atoms with E-state index in [1.807, 2.05) is 55.8 Å². The van der Waals surface area contributed by atoms with Gasteiger partial charge in [-0.05, 0) is 38.5 Å². The van der Waals surface area contributed by atoms with Crippen molar-refractivity contribution in [3.8, 4) is 5.69 Å². The van der Waals surface area contributed by atoms with E-state index in [2.05, 4.69) is 10.3 Å². The van der Waals surface area contributed by atoms with E-state index in [1.165, 1.54) is 0 Å². The molecule has 8 heteroatoms. The minimum Gasteiger partial charge on any atom is -0.444 e. The average molecular weight is 385 g/mol. The number of ether oxygens (including phenoxy) is 1. The molecule has 150 valence electrons. The van der Waals surface area contributed by atoms with Crippen LogP contribution in [-0.4, -0.2) is 63.3 Å². The Morgan fingerprint density at radius 3 is 2.29 bits per heavy atom. The van der Waals surface area contributed by atoms with Gasteiger partial charge in [0.2, 0.25) is 0 Å². The van der Waals surface area contributed by atoms with Crippen LogP contribution in [0.3, 0.4) is 0 Å². The zero-order chi connectivity index (χ0) is 20.1. The molecule has 0 saturated carbocycles. The molecule has 8 nitrogen and oxygen atoms in total. The number of nitrogens with one attached hydrogen (secondary N) is 1. The van der Waals surface area contributed by atoms with Gasteiger partial charge in [0.05, 0.1) is 6.33 Å². The molecular weight excluding hydrogens is 358 g/mol. The lowest BCUT2D eigenvalue weighted by Gasteiger charge is -2.35. The number of carbonyl (C=O) groups is 2. The molecular formula is C20H27N5O3. The molecule has 0 spiro atoms. The summed E-state index contributed by atoms with van der Waals surface area (Å²) in [7, 11) is 0. The Hall–Kier alpha value is -3.03. The minimum absolute atomic E-state index is 0.123. The fraction of sp³-hybridized carbons (Fsp3) is 0.450. The number of hydrogen-bond acceptors (Lipinski definition) is 4. The second kappa shape index (κ2) is 8.33. The Kier molecular flexibility index (Phi) is 5.87. The molecule has 1 N–H and O–H groups in total. The van der Waals surface area contributed by atoms with E-state index >= 15 is 0 Å². The Balaban J connectivity index is 1.44. The molecule has 0 unspecified atom stereocenters. The predicted octanol–water partition coefficient (Wildman–Crippen LogP) is 2.63. The van der Waals surface area contributed by atoms with Gasteiger partial charge in [-0.15, -0.1) is 0 Å². The van der Waals surface area contributed by atoms with E-state index in [1.54, 1.807) is 22.3 Å². The van der Waals surface area contributed by atoms with Gasteiger partial charge in [-0.25, -0.2) is 14.6 Å². The minimum atomic E-state index is -0.515. The number of urea groups is 1. The zero-order valence-corrected chi connectivity index (χ0v) is 16.6. The highest BCUT2D eigenvalue weighted by molar-refractivity contribution is 5.75. The molecule has 3 rings (SSSR count). The third kappa shape index (κ3) is 5.25. The third-order valence-corrected chi connectivity index (χ3v) is 4.40. The fourth-order valence-corrected chi connectivity index (χ4v) is 2.91. The number of aromatic nitrogens is 2. The Morgan fingerprint density at radius 2 is 1.71 bits per heavy atom. The normalized spacial score (nSPS) is 14.7. The highest BCUT2D eigenvalue weighted by Gasteiger charge is 2.27. The predicted molar refractivity (Wildman–Crippen MR) is 105 cm³/mol. The lowest BCUT2D eigenvalue weighted by atomic mass is 10.2. The first-order valence-corrected chi connectivity index (χ1v) is 9.40. The van der Waals surface area contributed by atoms with Gasteiger partial charge >= 0.3 is 12.1 Å². The maximum atomic E-state index is 12.4. The van der Waals surface area contributed by atoms with Crippen LogP contribution in [0.1, 0.15) is 26.3 Å². The van der Waals surface area contributed by atoms with Crippen molar-refractivity contribution in [2.45, 2.75) is 32.9 Å². The van der Waals surface area contributed by atoms with Crippen LogP contribution in [0.4, 0.5) is 9.59 Å². The van der Waals surface area contributed by atoms with E-state index in [-0.39, 0.29) is 12.1 Å². The van der Waals surface area contributed by atoms with E-state index in [0.717, 1.165) is 11.3 Å². The van der Waals surface area contributed by atoms with Crippen LogP contribution in [-0.2, 0) is 11.3 Å². The molecule has 28 heavy (non-hydrogen) atoms. The summed E-state index contributed by atoms with van der Waals surface area (Å²) in [6.45, 7) is 7.91. The van der Waals surface area contributed by atoms with Crippen molar-refractivity contribution < 1.29 is 14.3 Å². The summed E-state index contributed by atoms with van der Waals surface area (Å²) in [5.41, 5.74) is 1.52. The standard InChI is InChI=1S/C20H27N5O3/c1-20(2,3)28-19(27)24-12-10-23(11-13-24)18(26)22-14-16-4-6-17(7-5-16)25-9-8-21-15-25/h4-9,15H,10-14H2,1-3H3,(H,22,26). The van der Waals surface area contributed by atoms with Gasteiger partial charge in [0.25, 0.3) is 0 Å². The summed E-state index contributed by atoms with van der Waals surface area (Å²) in [5, 5.41) is 2.94. The molecule has 0 bridgehead atoms. The molecule has 0 radical (unpaired) electrons. The molecule has 1 aliphatic heterocycles. The molecule has 1 fully saturated rings. The summed E-state index contributed by atoms with van der Waals surface area (Å²) < 4.78 is 7.30. The molecule has 2 heterocycles. The van der Waals surface area contributed by atoms with Crippen LogP contribution in [0.2, 0.25) is 0 Å². The Bertz CT molecular complexity index is 788. The Labute approximate surface area is 165 Å². The van der Waals surface area contributed by atoms with Crippen LogP contribution in [0.5, 0.6) is 0 Å². The van der Waals surface area contributed by atoms with Crippen LogP contribution >= 0.6 is 0 Å². The molecule has 2 aromatic rings. The third-order valence-electron chi connectivity index (χ3n) is 4.40. The summed E-state index contributed by atoms with van der Waals surface area (Å²) in [5.74, 6) is 0. The van der Waals surface area contributed by atoms with Gasteiger partial charge in [0, 0.05) is 50.8 Å². The molecule has 0 aliphatic carbocycles. The molecule has 1 aliphatic rings. The highest BCUT2D eigenvalue weighted by Crippen LogP contribution is 2.12. The quantitative estimate of drug-likeness (QED) is 0.881. The van der Waals surface area contributed by atoms with Gasteiger partial charge in [0.1, 0.15) is 5.60 Å². The Morgan fingerprint density at radius 1 is 1.07 bits per heavy atom. The largest absolute Gasteiger partial charge is 0.444 e. The summed E-state index contributed by atoms with van der Waals surface area (Å²) >= 11 is 0. The van der Waals surface area contributed by atoms with Gasteiger partial charge in [-0.1, -0.05) is 12.1 Å². The first-order chi connectivity index (χ1) is 13.3. The lowest BCUT2D eigenvalue weighted by Crippen LogP contribution is -2.53. The first kappa shape index (κ1) is 19.7. The number of piperazine rings is 1. The maximum absolute atomic E-state index is 12.4. The van der Waals surface area contributed by atoms with E-state index in [9.17, 15) is 9.59 Å². The molecule has 0 atom stereocenters. The zero-order valence-electron chi connectivity index (χ0n) is 16.6. The van der Waals surface area contributed by atoms with Crippen molar-refractivity contribution in [2.24, 2.45) is 0 Å². The number of rotatable bonds is 3. The number of nitrogens with zero attached hydrogens (tertiary/aromatic N) is 4. The van der Waals surface area contributed by atoms with Crippen LogP contribution < -0.4 is 5.32 Å².